The molecule has 0 aliphatic carbocycles. The van der Waals surface area contributed by atoms with Crippen LogP contribution in [0.15, 0.2) is 6.20 Å². The molecule has 8 heteroatoms. The molecule has 1 aromatic heterocycles. The van der Waals surface area contributed by atoms with Gasteiger partial charge in [-0.05, 0) is 6.42 Å². The molecule has 19 heavy (non-hydrogen) atoms. The quantitative estimate of drug-likeness (QED) is 0.610. The fraction of sp³-hybridized carbons (Fsp3) is 0.636. The van der Waals surface area contributed by atoms with E-state index in [9.17, 15) is 9.59 Å². The molecule has 2 fully saturated rings. The van der Waals surface area contributed by atoms with Gasteiger partial charge in [0.15, 0.2) is 5.69 Å². The molecule has 3 heterocycles. The SMILES string of the molecule is O=C1CCC(CNC(=O)c2cn(C3CNC3)nn2)N1. The molecule has 0 spiro atoms. The lowest BCUT2D eigenvalue weighted by Crippen LogP contribution is -2.43. The van der Waals surface area contributed by atoms with E-state index in [0.717, 1.165) is 19.5 Å². The Morgan fingerprint density at radius 3 is 3.00 bits per heavy atom. The summed E-state index contributed by atoms with van der Waals surface area (Å²) in [5, 5.41) is 16.5. The predicted molar refractivity (Wildman–Crippen MR) is 65.4 cm³/mol. The van der Waals surface area contributed by atoms with Gasteiger partial charge in [0.05, 0.1) is 12.2 Å². The molecule has 0 aromatic carbocycles. The third-order valence-corrected chi connectivity index (χ3v) is 3.47. The van der Waals surface area contributed by atoms with E-state index in [0.29, 0.717) is 24.7 Å². The van der Waals surface area contributed by atoms with Crippen LogP contribution in [0.4, 0.5) is 0 Å². The summed E-state index contributed by atoms with van der Waals surface area (Å²) in [6.07, 6.45) is 2.96. The minimum atomic E-state index is -0.250. The highest BCUT2D eigenvalue weighted by Gasteiger charge is 2.23. The van der Waals surface area contributed by atoms with Crippen LogP contribution in [-0.4, -0.2) is 52.5 Å². The van der Waals surface area contributed by atoms with Crippen molar-refractivity contribution in [3.8, 4) is 0 Å². The topological polar surface area (TPSA) is 101 Å². The Morgan fingerprint density at radius 1 is 1.53 bits per heavy atom. The van der Waals surface area contributed by atoms with Crippen LogP contribution in [-0.2, 0) is 4.79 Å². The smallest absolute Gasteiger partial charge is 0.273 e. The van der Waals surface area contributed by atoms with Crippen LogP contribution in [0, 0.1) is 0 Å². The number of aromatic nitrogens is 3. The molecule has 3 rings (SSSR count). The van der Waals surface area contributed by atoms with E-state index in [2.05, 4.69) is 26.3 Å². The number of carbonyl (C=O) groups excluding carboxylic acids is 2. The van der Waals surface area contributed by atoms with Crippen LogP contribution >= 0.6 is 0 Å². The van der Waals surface area contributed by atoms with E-state index in [-0.39, 0.29) is 17.9 Å². The van der Waals surface area contributed by atoms with Gasteiger partial charge in [-0.1, -0.05) is 5.21 Å². The number of hydrogen-bond acceptors (Lipinski definition) is 5. The van der Waals surface area contributed by atoms with E-state index in [4.69, 9.17) is 0 Å². The maximum Gasteiger partial charge on any atom is 0.273 e. The van der Waals surface area contributed by atoms with E-state index in [1.54, 1.807) is 10.9 Å². The summed E-state index contributed by atoms with van der Waals surface area (Å²) in [7, 11) is 0. The van der Waals surface area contributed by atoms with Crippen LogP contribution in [0.1, 0.15) is 29.4 Å². The molecule has 8 nitrogen and oxygen atoms in total. The highest BCUT2D eigenvalue weighted by molar-refractivity contribution is 5.91. The standard InChI is InChI=1S/C11H16N6O2/c18-10-2-1-7(14-10)3-13-11(19)9-6-17(16-15-9)8-4-12-5-8/h6-8,12H,1-5H2,(H,13,19)(H,14,18). The molecule has 2 aliphatic heterocycles. The Labute approximate surface area is 109 Å². The second kappa shape index (κ2) is 4.96. The number of rotatable bonds is 4. The number of nitrogens with one attached hydrogen (secondary N) is 3. The number of amides is 2. The van der Waals surface area contributed by atoms with Crippen molar-refractivity contribution in [3.05, 3.63) is 11.9 Å². The second-order valence-corrected chi connectivity index (χ2v) is 4.91. The minimum absolute atomic E-state index is 0.0299. The maximum atomic E-state index is 11.9. The van der Waals surface area contributed by atoms with Crippen LogP contribution in [0.3, 0.4) is 0 Å². The first-order valence-electron chi connectivity index (χ1n) is 6.42. The zero-order valence-electron chi connectivity index (χ0n) is 10.4. The number of nitrogens with zero attached hydrogens (tertiary/aromatic N) is 3. The largest absolute Gasteiger partial charge is 0.352 e. The summed E-state index contributed by atoms with van der Waals surface area (Å²) in [6, 6.07) is 0.325. The summed E-state index contributed by atoms with van der Waals surface area (Å²) >= 11 is 0. The fourth-order valence-electron chi connectivity index (χ4n) is 2.16. The first kappa shape index (κ1) is 12.1. The summed E-state index contributed by atoms with van der Waals surface area (Å²) in [5.74, 6) is -0.206. The van der Waals surface area contributed by atoms with Crippen molar-refractivity contribution in [1.29, 1.82) is 0 Å². The third kappa shape index (κ3) is 2.58. The van der Waals surface area contributed by atoms with E-state index in [1.165, 1.54) is 0 Å². The van der Waals surface area contributed by atoms with Gasteiger partial charge >= 0.3 is 0 Å². The summed E-state index contributed by atoms with van der Waals surface area (Å²) in [4.78, 5) is 22.9. The molecular weight excluding hydrogens is 248 g/mol. The number of carbonyl (C=O) groups is 2. The molecule has 2 amide bonds. The van der Waals surface area contributed by atoms with Crippen LogP contribution in [0.2, 0.25) is 0 Å². The summed E-state index contributed by atoms with van der Waals surface area (Å²) in [5.41, 5.74) is 0.316. The Morgan fingerprint density at radius 2 is 2.37 bits per heavy atom. The molecule has 1 aromatic rings. The molecule has 0 radical (unpaired) electrons. The third-order valence-electron chi connectivity index (χ3n) is 3.47. The molecule has 0 bridgehead atoms. The van der Waals surface area contributed by atoms with Gasteiger partial charge in [0.2, 0.25) is 5.91 Å². The van der Waals surface area contributed by atoms with Gasteiger partial charge in [-0.15, -0.1) is 5.10 Å². The predicted octanol–water partition coefficient (Wildman–Crippen LogP) is -1.57. The Hall–Kier alpha value is -1.96. The van der Waals surface area contributed by atoms with Crippen LogP contribution < -0.4 is 16.0 Å². The second-order valence-electron chi connectivity index (χ2n) is 4.91. The van der Waals surface area contributed by atoms with Gasteiger partial charge in [-0.25, -0.2) is 4.68 Å². The van der Waals surface area contributed by atoms with E-state index >= 15 is 0 Å². The van der Waals surface area contributed by atoms with Gasteiger partial charge < -0.3 is 16.0 Å². The van der Waals surface area contributed by atoms with Crippen molar-refractivity contribution in [2.24, 2.45) is 0 Å². The van der Waals surface area contributed by atoms with Crippen molar-refractivity contribution < 1.29 is 9.59 Å². The lowest BCUT2D eigenvalue weighted by molar-refractivity contribution is -0.119. The normalized spacial score (nSPS) is 22.9. The first-order chi connectivity index (χ1) is 9.22. The van der Waals surface area contributed by atoms with Crippen molar-refractivity contribution in [1.82, 2.24) is 30.9 Å². The molecule has 3 N–H and O–H groups in total. The average molecular weight is 264 g/mol. The van der Waals surface area contributed by atoms with E-state index < -0.39 is 0 Å². The van der Waals surface area contributed by atoms with Gasteiger partial charge in [0, 0.05) is 32.1 Å². The Balaban J connectivity index is 1.52. The van der Waals surface area contributed by atoms with Crippen molar-refractivity contribution >= 4 is 11.8 Å². The zero-order chi connectivity index (χ0) is 13.2. The van der Waals surface area contributed by atoms with Crippen molar-refractivity contribution in [2.45, 2.75) is 24.9 Å². The summed E-state index contributed by atoms with van der Waals surface area (Å²) < 4.78 is 1.71. The molecule has 2 saturated heterocycles. The maximum absolute atomic E-state index is 11.9. The average Bonchev–Trinajstić information content (AvgIpc) is 2.93. The molecule has 102 valence electrons. The molecule has 0 saturated carbocycles. The minimum Gasteiger partial charge on any atom is -0.352 e. The first-order valence-corrected chi connectivity index (χ1v) is 6.42. The van der Waals surface area contributed by atoms with Gasteiger partial charge in [0.1, 0.15) is 0 Å². The van der Waals surface area contributed by atoms with E-state index in [1.807, 2.05) is 0 Å². The van der Waals surface area contributed by atoms with Gasteiger partial charge in [-0.2, -0.15) is 0 Å². The molecule has 1 atom stereocenters. The van der Waals surface area contributed by atoms with Crippen LogP contribution in [0.25, 0.3) is 0 Å². The fourth-order valence-corrected chi connectivity index (χ4v) is 2.16. The monoisotopic (exact) mass is 264 g/mol. The van der Waals surface area contributed by atoms with Gasteiger partial charge in [-0.3, -0.25) is 9.59 Å². The Bertz CT molecular complexity index is 495. The van der Waals surface area contributed by atoms with Crippen molar-refractivity contribution in [2.75, 3.05) is 19.6 Å². The lowest BCUT2D eigenvalue weighted by atomic mass is 10.2. The van der Waals surface area contributed by atoms with Crippen LogP contribution in [0.5, 0.6) is 0 Å². The Kier molecular flexibility index (Phi) is 3.16. The number of hydrogen-bond donors (Lipinski definition) is 3. The summed E-state index contributed by atoms with van der Waals surface area (Å²) in [6.45, 7) is 2.15. The highest BCUT2D eigenvalue weighted by Crippen LogP contribution is 2.10. The molecule has 2 aliphatic rings. The lowest BCUT2D eigenvalue weighted by Gasteiger charge is -2.26. The zero-order valence-corrected chi connectivity index (χ0v) is 10.4. The molecule has 1 unspecified atom stereocenters. The van der Waals surface area contributed by atoms with Crippen molar-refractivity contribution in [3.63, 3.8) is 0 Å². The van der Waals surface area contributed by atoms with Gasteiger partial charge in [0.25, 0.3) is 5.91 Å². The molecular formula is C11H16N6O2. The highest BCUT2D eigenvalue weighted by atomic mass is 16.2.